The summed E-state index contributed by atoms with van der Waals surface area (Å²) in [5.74, 6) is 0.909. The van der Waals surface area contributed by atoms with Crippen LogP contribution in [0, 0.1) is 0 Å². The van der Waals surface area contributed by atoms with Crippen molar-refractivity contribution in [2.75, 3.05) is 20.3 Å². The van der Waals surface area contributed by atoms with Crippen LogP contribution in [0.25, 0.3) is 0 Å². The van der Waals surface area contributed by atoms with Crippen molar-refractivity contribution in [3.8, 4) is 5.75 Å². The van der Waals surface area contributed by atoms with Crippen LogP contribution in [0.1, 0.15) is 54.9 Å². The summed E-state index contributed by atoms with van der Waals surface area (Å²) in [7, 11) is 1.71. The average Bonchev–Trinajstić information content (AvgIpc) is 2.86. The SMILES string of the molecule is COc1ccc(CCNC2(COC(c3ccccc3)c3ccccc3)CCCCC2)cc1. The minimum atomic E-state index is -0.0420. The number of benzene rings is 3. The molecule has 0 amide bonds. The highest BCUT2D eigenvalue weighted by molar-refractivity contribution is 5.30. The second kappa shape index (κ2) is 11.3. The summed E-state index contributed by atoms with van der Waals surface area (Å²) in [6.07, 6.45) is 7.16. The number of methoxy groups -OCH3 is 1. The van der Waals surface area contributed by atoms with Gasteiger partial charge in [0, 0.05) is 5.54 Å². The largest absolute Gasteiger partial charge is 0.497 e. The van der Waals surface area contributed by atoms with E-state index < -0.39 is 0 Å². The van der Waals surface area contributed by atoms with Gasteiger partial charge in [-0.3, -0.25) is 0 Å². The first kappa shape index (κ1) is 22.6. The maximum absolute atomic E-state index is 6.71. The van der Waals surface area contributed by atoms with Crippen LogP contribution in [0.15, 0.2) is 84.9 Å². The van der Waals surface area contributed by atoms with Crippen LogP contribution in [-0.4, -0.2) is 25.8 Å². The zero-order chi connectivity index (χ0) is 22.1. The minimum Gasteiger partial charge on any atom is -0.497 e. The van der Waals surface area contributed by atoms with Crippen molar-refractivity contribution in [3.05, 3.63) is 102 Å². The molecule has 1 aliphatic rings. The molecule has 0 aliphatic heterocycles. The predicted molar refractivity (Wildman–Crippen MR) is 131 cm³/mol. The van der Waals surface area contributed by atoms with Gasteiger partial charge in [-0.25, -0.2) is 0 Å². The molecule has 1 saturated carbocycles. The molecule has 0 atom stereocenters. The van der Waals surface area contributed by atoms with Gasteiger partial charge in [0.05, 0.1) is 13.7 Å². The highest BCUT2D eigenvalue weighted by Crippen LogP contribution is 2.32. The summed E-state index contributed by atoms with van der Waals surface area (Å²) in [6.45, 7) is 1.68. The summed E-state index contributed by atoms with van der Waals surface area (Å²) < 4.78 is 12.0. The minimum absolute atomic E-state index is 0.0420. The Bertz CT molecular complexity index is 879. The zero-order valence-corrected chi connectivity index (χ0v) is 19.1. The molecular weight excluding hydrogens is 394 g/mol. The van der Waals surface area contributed by atoms with Crippen molar-refractivity contribution in [3.63, 3.8) is 0 Å². The van der Waals surface area contributed by atoms with E-state index in [1.165, 1.54) is 48.8 Å². The second-order valence-electron chi connectivity index (χ2n) is 8.88. The Balaban J connectivity index is 1.43. The summed E-state index contributed by atoms with van der Waals surface area (Å²) in [5.41, 5.74) is 3.80. The van der Waals surface area contributed by atoms with Crippen LogP contribution >= 0.6 is 0 Å². The van der Waals surface area contributed by atoms with Gasteiger partial charge < -0.3 is 14.8 Å². The van der Waals surface area contributed by atoms with Gasteiger partial charge in [0.15, 0.2) is 0 Å². The van der Waals surface area contributed by atoms with Crippen LogP contribution < -0.4 is 10.1 Å². The molecule has 0 heterocycles. The highest BCUT2D eigenvalue weighted by Gasteiger charge is 2.33. The molecule has 1 aliphatic carbocycles. The maximum Gasteiger partial charge on any atom is 0.118 e. The first-order valence-corrected chi connectivity index (χ1v) is 11.9. The monoisotopic (exact) mass is 429 g/mol. The van der Waals surface area contributed by atoms with Crippen LogP contribution in [0.5, 0.6) is 5.75 Å². The van der Waals surface area contributed by atoms with E-state index in [4.69, 9.17) is 9.47 Å². The van der Waals surface area contributed by atoms with Gasteiger partial charge in [-0.15, -0.1) is 0 Å². The Hall–Kier alpha value is -2.62. The fourth-order valence-corrected chi connectivity index (χ4v) is 4.75. The van der Waals surface area contributed by atoms with E-state index in [-0.39, 0.29) is 11.6 Å². The summed E-state index contributed by atoms with van der Waals surface area (Å²) in [4.78, 5) is 0. The van der Waals surface area contributed by atoms with Gasteiger partial charge in [-0.2, -0.15) is 0 Å². The molecule has 3 nitrogen and oxygen atoms in total. The lowest BCUT2D eigenvalue weighted by molar-refractivity contribution is 0.0138. The third-order valence-electron chi connectivity index (χ3n) is 6.61. The smallest absolute Gasteiger partial charge is 0.118 e. The summed E-state index contributed by atoms with van der Waals surface area (Å²) in [6, 6.07) is 29.6. The van der Waals surface area contributed by atoms with E-state index in [1.807, 2.05) is 12.1 Å². The molecule has 1 fully saturated rings. The van der Waals surface area contributed by atoms with Crippen molar-refractivity contribution >= 4 is 0 Å². The molecule has 0 radical (unpaired) electrons. The molecule has 4 rings (SSSR count). The van der Waals surface area contributed by atoms with Crippen LogP contribution in [0.4, 0.5) is 0 Å². The standard InChI is InChI=1S/C29H35NO2/c1-31-27-17-15-24(16-18-27)19-22-30-29(20-9-4-10-21-29)23-32-28(25-11-5-2-6-12-25)26-13-7-3-8-14-26/h2-3,5-8,11-18,28,30H,4,9-10,19-23H2,1H3. The normalized spacial score (nSPS) is 15.6. The van der Waals surface area contributed by atoms with E-state index in [9.17, 15) is 0 Å². The fraction of sp³-hybridized carbons (Fsp3) is 0.379. The number of rotatable bonds is 10. The maximum atomic E-state index is 6.71. The average molecular weight is 430 g/mol. The molecule has 1 N–H and O–H groups in total. The van der Waals surface area contributed by atoms with E-state index in [2.05, 4.69) is 78.1 Å². The lowest BCUT2D eigenvalue weighted by atomic mass is 9.82. The number of nitrogens with one attached hydrogen (secondary N) is 1. The Morgan fingerprint density at radius 2 is 1.38 bits per heavy atom. The highest BCUT2D eigenvalue weighted by atomic mass is 16.5. The Morgan fingerprint density at radius 3 is 1.94 bits per heavy atom. The molecule has 168 valence electrons. The quantitative estimate of drug-likeness (QED) is 0.408. The topological polar surface area (TPSA) is 30.5 Å². The number of hydrogen-bond acceptors (Lipinski definition) is 3. The van der Waals surface area contributed by atoms with Gasteiger partial charge in [0.1, 0.15) is 11.9 Å². The number of hydrogen-bond donors (Lipinski definition) is 1. The molecule has 3 heteroatoms. The number of ether oxygens (including phenoxy) is 2. The molecule has 0 aromatic heterocycles. The third kappa shape index (κ3) is 5.99. The molecule has 0 unspecified atom stereocenters. The second-order valence-corrected chi connectivity index (χ2v) is 8.88. The van der Waals surface area contributed by atoms with Crippen molar-refractivity contribution < 1.29 is 9.47 Å². The van der Waals surface area contributed by atoms with Gasteiger partial charge in [0.2, 0.25) is 0 Å². The Morgan fingerprint density at radius 1 is 0.781 bits per heavy atom. The molecule has 0 bridgehead atoms. The molecule has 32 heavy (non-hydrogen) atoms. The lowest BCUT2D eigenvalue weighted by Gasteiger charge is -2.39. The van der Waals surface area contributed by atoms with Gasteiger partial charge in [0.25, 0.3) is 0 Å². The third-order valence-corrected chi connectivity index (χ3v) is 6.61. The van der Waals surface area contributed by atoms with E-state index in [0.717, 1.165) is 25.3 Å². The molecule has 3 aromatic rings. The van der Waals surface area contributed by atoms with Crippen LogP contribution in [-0.2, 0) is 11.2 Å². The van der Waals surface area contributed by atoms with Gasteiger partial charge in [-0.05, 0) is 54.6 Å². The molecular formula is C29H35NO2. The van der Waals surface area contributed by atoms with Crippen LogP contribution in [0.3, 0.4) is 0 Å². The van der Waals surface area contributed by atoms with E-state index in [0.29, 0.717) is 0 Å². The summed E-state index contributed by atoms with van der Waals surface area (Å²) in [5, 5.41) is 3.91. The lowest BCUT2D eigenvalue weighted by Crippen LogP contribution is -2.51. The predicted octanol–water partition coefficient (Wildman–Crippen LogP) is 6.34. The first-order valence-electron chi connectivity index (χ1n) is 11.9. The Labute approximate surface area is 192 Å². The van der Waals surface area contributed by atoms with E-state index >= 15 is 0 Å². The van der Waals surface area contributed by atoms with Crippen LogP contribution in [0.2, 0.25) is 0 Å². The van der Waals surface area contributed by atoms with Crippen molar-refractivity contribution in [2.24, 2.45) is 0 Å². The Kier molecular flexibility index (Phi) is 7.97. The molecule has 3 aromatic carbocycles. The molecule has 0 saturated heterocycles. The van der Waals surface area contributed by atoms with Crippen molar-refractivity contribution in [1.29, 1.82) is 0 Å². The fourth-order valence-electron chi connectivity index (χ4n) is 4.75. The van der Waals surface area contributed by atoms with E-state index in [1.54, 1.807) is 7.11 Å². The van der Waals surface area contributed by atoms with Crippen molar-refractivity contribution in [2.45, 2.75) is 50.2 Å². The first-order chi connectivity index (χ1) is 15.8. The molecule has 0 spiro atoms. The van der Waals surface area contributed by atoms with Gasteiger partial charge in [-0.1, -0.05) is 92.1 Å². The zero-order valence-electron chi connectivity index (χ0n) is 19.1. The summed E-state index contributed by atoms with van der Waals surface area (Å²) >= 11 is 0. The van der Waals surface area contributed by atoms with Gasteiger partial charge >= 0.3 is 0 Å². The van der Waals surface area contributed by atoms with Crippen molar-refractivity contribution in [1.82, 2.24) is 5.32 Å².